The van der Waals surface area contributed by atoms with Crippen LogP contribution in [0.5, 0.6) is 0 Å². The van der Waals surface area contributed by atoms with Crippen LogP contribution in [-0.4, -0.2) is 58.4 Å². The third kappa shape index (κ3) is 6.14. The van der Waals surface area contributed by atoms with Gasteiger partial charge >= 0.3 is 11.9 Å². The molecule has 2 atom stereocenters. The zero-order valence-corrected chi connectivity index (χ0v) is 23.6. The minimum atomic E-state index is -0.770. The van der Waals surface area contributed by atoms with Crippen molar-refractivity contribution in [3.8, 4) is 0 Å². The molecule has 0 bridgehead atoms. The Balaban J connectivity index is 1.65. The number of halogens is 2. The van der Waals surface area contributed by atoms with Gasteiger partial charge in [-0.15, -0.1) is 11.3 Å². The molecule has 2 heterocycles. The number of aromatic amines is 1. The number of esters is 2. The van der Waals surface area contributed by atoms with Crippen LogP contribution in [0.2, 0.25) is 9.36 Å². The predicted molar refractivity (Wildman–Crippen MR) is 145 cm³/mol. The van der Waals surface area contributed by atoms with Crippen molar-refractivity contribution in [2.75, 3.05) is 13.2 Å². The molecule has 3 aromatic rings. The topological polar surface area (TPSA) is 118 Å². The third-order valence-electron chi connectivity index (χ3n) is 5.90. The van der Waals surface area contributed by atoms with Crippen LogP contribution in [0, 0.1) is 0 Å². The van der Waals surface area contributed by atoms with E-state index in [0.717, 1.165) is 15.8 Å². The molecule has 0 saturated carbocycles. The van der Waals surface area contributed by atoms with Gasteiger partial charge in [-0.1, -0.05) is 47.5 Å². The van der Waals surface area contributed by atoms with Gasteiger partial charge in [0, 0.05) is 6.92 Å². The molecule has 12 heteroatoms. The summed E-state index contributed by atoms with van der Waals surface area (Å²) < 4.78 is 11.6. The summed E-state index contributed by atoms with van der Waals surface area (Å²) in [6.45, 7) is 5.43. The molecule has 2 N–H and O–H groups in total. The predicted octanol–water partition coefficient (Wildman–Crippen LogP) is 4.67. The van der Waals surface area contributed by atoms with Crippen molar-refractivity contribution in [3.05, 3.63) is 56.5 Å². The number of nitrogens with zero attached hydrogens (tertiary/aromatic N) is 1. The summed E-state index contributed by atoms with van der Waals surface area (Å²) in [5.41, 5.74) is 1.78. The summed E-state index contributed by atoms with van der Waals surface area (Å²) in [7, 11) is 0. The molecule has 0 spiro atoms. The van der Waals surface area contributed by atoms with E-state index in [1.54, 1.807) is 26.8 Å². The first-order valence-electron chi connectivity index (χ1n) is 11.8. The number of thiophene rings is 1. The molecule has 1 aliphatic rings. The van der Waals surface area contributed by atoms with Crippen LogP contribution in [0.1, 0.15) is 55.4 Å². The second kappa shape index (κ2) is 11.0. The average Bonchev–Trinajstić information content (AvgIpc) is 3.47. The Kier molecular flexibility index (Phi) is 8.06. The third-order valence-corrected chi connectivity index (χ3v) is 7.84. The monoisotopic (exact) mass is 579 g/mol. The Morgan fingerprint density at radius 2 is 1.89 bits per heavy atom. The van der Waals surface area contributed by atoms with Crippen LogP contribution in [0.4, 0.5) is 0 Å². The van der Waals surface area contributed by atoms with Crippen molar-refractivity contribution >= 4 is 68.5 Å². The Labute approximate surface area is 233 Å². The number of aromatic nitrogens is 1. The molecule has 0 radical (unpaired) electrons. The van der Waals surface area contributed by atoms with Crippen LogP contribution in [0.3, 0.4) is 0 Å². The van der Waals surface area contributed by atoms with Crippen LogP contribution >= 0.6 is 34.5 Å². The molecule has 202 valence electrons. The quantitative estimate of drug-likeness (QED) is 0.393. The molecule has 1 unspecified atom stereocenters. The van der Waals surface area contributed by atoms with E-state index in [4.69, 9.17) is 32.7 Å². The van der Waals surface area contributed by atoms with E-state index < -0.39 is 54.6 Å². The molecule has 0 fully saturated rings. The van der Waals surface area contributed by atoms with Crippen LogP contribution in [0.25, 0.3) is 10.2 Å². The average molecular weight is 580 g/mol. The normalized spacial score (nSPS) is 16.7. The number of hydrogen-bond acceptors (Lipinski definition) is 7. The van der Waals surface area contributed by atoms with Crippen molar-refractivity contribution in [2.24, 2.45) is 0 Å². The first-order chi connectivity index (χ1) is 17.8. The lowest BCUT2D eigenvalue weighted by atomic mass is 10.0. The Morgan fingerprint density at radius 3 is 2.55 bits per heavy atom. The van der Waals surface area contributed by atoms with Gasteiger partial charge < -0.3 is 24.7 Å². The van der Waals surface area contributed by atoms with E-state index in [1.165, 1.54) is 23.2 Å². The number of hydrogen-bond donors (Lipinski definition) is 2. The Morgan fingerprint density at radius 1 is 1.18 bits per heavy atom. The molecule has 0 saturated heterocycles. The summed E-state index contributed by atoms with van der Waals surface area (Å²) in [4.78, 5) is 55.1. The van der Waals surface area contributed by atoms with Crippen LogP contribution < -0.4 is 5.32 Å². The van der Waals surface area contributed by atoms with Gasteiger partial charge in [0.2, 0.25) is 0 Å². The molecule has 38 heavy (non-hydrogen) atoms. The number of carbonyl (C=O) groups is 4. The van der Waals surface area contributed by atoms with Gasteiger partial charge in [-0.05, 0) is 44.4 Å². The van der Waals surface area contributed by atoms with Crippen molar-refractivity contribution in [2.45, 2.75) is 51.8 Å². The van der Waals surface area contributed by atoms with Crippen molar-refractivity contribution in [3.63, 3.8) is 0 Å². The number of fused-ring (bicyclic) bond motifs is 2. The number of H-pyrrole nitrogens is 1. The minimum absolute atomic E-state index is 0.282. The maximum atomic E-state index is 13.3. The van der Waals surface area contributed by atoms with Gasteiger partial charge in [0.25, 0.3) is 11.8 Å². The standard InChI is InChI=1S/C26H27Cl2N3O6S/c1-13(32)36-12-19(33)31(11-20(34)37-26(2,3)4)23-15-8-6-5-7-14(15)9-16(23)30-25(35)17-10-18-22(29-17)21(27)24(28)38-18/h5-8,10,16,23,29H,9,11-12H2,1-4H3,(H,30,35)/t16?,23-/m1/s1. The van der Waals surface area contributed by atoms with Crippen LogP contribution in [-0.2, 0) is 30.3 Å². The molecular weight excluding hydrogens is 553 g/mol. The molecule has 1 aliphatic carbocycles. The highest BCUT2D eigenvalue weighted by atomic mass is 35.5. The fourth-order valence-corrected chi connectivity index (χ4v) is 5.96. The molecule has 0 aliphatic heterocycles. The van der Waals surface area contributed by atoms with Gasteiger partial charge in [0.15, 0.2) is 6.61 Å². The highest BCUT2D eigenvalue weighted by Gasteiger charge is 2.41. The van der Waals surface area contributed by atoms with Crippen molar-refractivity contribution in [1.82, 2.24) is 15.2 Å². The number of benzene rings is 1. The molecular formula is C26H27Cl2N3O6S. The second-order valence-corrected chi connectivity index (χ2v) is 12.0. The van der Waals surface area contributed by atoms with E-state index in [9.17, 15) is 19.2 Å². The molecule has 1 aromatic carbocycles. The maximum absolute atomic E-state index is 13.3. The van der Waals surface area contributed by atoms with Gasteiger partial charge in [-0.25, -0.2) is 0 Å². The van der Waals surface area contributed by atoms with Crippen molar-refractivity contribution < 1.29 is 28.7 Å². The summed E-state index contributed by atoms with van der Waals surface area (Å²) in [6, 6.07) is 7.81. The van der Waals surface area contributed by atoms with E-state index in [0.29, 0.717) is 21.3 Å². The van der Waals surface area contributed by atoms with Gasteiger partial charge in [-0.3, -0.25) is 19.2 Å². The second-order valence-electron chi connectivity index (χ2n) is 9.93. The fraction of sp³-hybridized carbons (Fsp3) is 0.385. The maximum Gasteiger partial charge on any atom is 0.326 e. The molecule has 2 amide bonds. The van der Waals surface area contributed by atoms with E-state index in [1.807, 2.05) is 24.3 Å². The number of amides is 2. The Bertz CT molecular complexity index is 1410. The lowest BCUT2D eigenvalue weighted by Crippen LogP contribution is -2.50. The Hall–Kier alpha value is -3.08. The van der Waals surface area contributed by atoms with E-state index >= 15 is 0 Å². The van der Waals surface area contributed by atoms with Gasteiger partial charge in [0.1, 0.15) is 22.2 Å². The minimum Gasteiger partial charge on any atom is -0.459 e. The highest BCUT2D eigenvalue weighted by Crippen LogP contribution is 2.39. The fourth-order valence-electron chi connectivity index (χ4n) is 4.48. The number of rotatable bonds is 7. The van der Waals surface area contributed by atoms with Gasteiger partial charge in [-0.2, -0.15) is 0 Å². The number of ether oxygens (including phenoxy) is 2. The summed E-state index contributed by atoms with van der Waals surface area (Å²) in [5, 5.41) is 3.35. The summed E-state index contributed by atoms with van der Waals surface area (Å²) in [6.07, 6.45) is 0.417. The molecule has 4 rings (SSSR count). The van der Waals surface area contributed by atoms with E-state index in [-0.39, 0.29) is 5.69 Å². The smallest absolute Gasteiger partial charge is 0.326 e. The first-order valence-corrected chi connectivity index (χ1v) is 13.4. The lowest BCUT2D eigenvalue weighted by molar-refractivity contribution is -0.162. The molecule has 2 aromatic heterocycles. The molecule has 9 nitrogen and oxygen atoms in total. The zero-order chi connectivity index (χ0) is 27.8. The van der Waals surface area contributed by atoms with E-state index in [2.05, 4.69) is 10.3 Å². The highest BCUT2D eigenvalue weighted by molar-refractivity contribution is 7.23. The zero-order valence-electron chi connectivity index (χ0n) is 21.2. The largest absolute Gasteiger partial charge is 0.459 e. The SMILES string of the molecule is CC(=O)OCC(=O)N(CC(=O)OC(C)(C)C)[C@@H]1c2ccccc2CC1NC(=O)c1cc2sc(Cl)c(Cl)c2[nH]1. The first kappa shape index (κ1) is 27.9. The van der Waals surface area contributed by atoms with Crippen molar-refractivity contribution in [1.29, 1.82) is 0 Å². The lowest BCUT2D eigenvalue weighted by Gasteiger charge is -2.34. The number of carbonyl (C=O) groups excluding carboxylic acids is 4. The number of nitrogens with one attached hydrogen (secondary N) is 2. The van der Waals surface area contributed by atoms with Gasteiger partial charge in [0.05, 0.1) is 27.3 Å². The van der Waals surface area contributed by atoms with Crippen LogP contribution in [0.15, 0.2) is 30.3 Å². The summed E-state index contributed by atoms with van der Waals surface area (Å²) >= 11 is 13.6. The summed E-state index contributed by atoms with van der Waals surface area (Å²) in [5.74, 6) is -2.25.